The van der Waals surface area contributed by atoms with Crippen LogP contribution in [-0.2, 0) is 27.4 Å². The van der Waals surface area contributed by atoms with Gasteiger partial charge in [0.25, 0.3) is 0 Å². The second-order valence-electron chi connectivity index (χ2n) is 5.61. The van der Waals surface area contributed by atoms with Crippen molar-refractivity contribution in [1.82, 2.24) is 10.8 Å². The van der Waals surface area contributed by atoms with Crippen molar-refractivity contribution in [3.05, 3.63) is 71.8 Å². The molecule has 3 N–H and O–H groups in total. The smallest absolute Gasteiger partial charge is 0.325 e. The molecule has 0 aliphatic heterocycles. The van der Waals surface area contributed by atoms with Gasteiger partial charge in [0.1, 0.15) is 13.2 Å². The van der Waals surface area contributed by atoms with E-state index >= 15 is 0 Å². The molecule has 0 saturated heterocycles. The second kappa shape index (κ2) is 10.2. The van der Waals surface area contributed by atoms with Crippen molar-refractivity contribution >= 4 is 11.9 Å². The van der Waals surface area contributed by atoms with Gasteiger partial charge in [-0.25, -0.2) is 5.48 Å². The van der Waals surface area contributed by atoms with E-state index in [1.807, 2.05) is 66.1 Å². The van der Waals surface area contributed by atoms with Gasteiger partial charge in [-0.15, -0.1) is 0 Å². The van der Waals surface area contributed by atoms with E-state index < -0.39 is 11.9 Å². The van der Waals surface area contributed by atoms with Gasteiger partial charge in [-0.3, -0.25) is 9.59 Å². The largest absolute Gasteiger partial charge is 0.460 e. The van der Waals surface area contributed by atoms with E-state index in [2.05, 4.69) is 5.32 Å². The van der Waals surface area contributed by atoms with Gasteiger partial charge < -0.3 is 15.3 Å². The topological polar surface area (TPSA) is 87.7 Å². The second-order valence-corrected chi connectivity index (χ2v) is 5.61. The maximum Gasteiger partial charge on any atom is 0.325 e. The summed E-state index contributed by atoms with van der Waals surface area (Å²) in [7, 11) is 0. The fraction of sp³-hybridized carbons (Fsp3) is 0.263. The molecule has 1 unspecified atom stereocenters. The number of benzene rings is 2. The van der Waals surface area contributed by atoms with Gasteiger partial charge in [-0.05, 0) is 17.5 Å². The van der Waals surface area contributed by atoms with Gasteiger partial charge >= 0.3 is 5.97 Å². The van der Waals surface area contributed by atoms with Crippen molar-refractivity contribution in [2.75, 3.05) is 13.1 Å². The Hall–Kier alpha value is -2.70. The van der Waals surface area contributed by atoms with Gasteiger partial charge in [0.2, 0.25) is 5.91 Å². The van der Waals surface area contributed by atoms with Gasteiger partial charge in [0.05, 0.1) is 5.92 Å². The SMILES string of the molecule is O=C(CNC(=O)C(CNO)Cc1ccccc1)OCc1ccccc1. The summed E-state index contributed by atoms with van der Waals surface area (Å²) in [6.45, 7) is 0.0589. The van der Waals surface area contributed by atoms with Crippen LogP contribution < -0.4 is 10.8 Å². The van der Waals surface area contributed by atoms with E-state index in [0.29, 0.717) is 6.42 Å². The lowest BCUT2D eigenvalue weighted by Gasteiger charge is -2.16. The highest BCUT2D eigenvalue weighted by atomic mass is 16.5. The summed E-state index contributed by atoms with van der Waals surface area (Å²) in [5.74, 6) is -1.32. The summed E-state index contributed by atoms with van der Waals surface area (Å²) in [5.41, 5.74) is 3.89. The van der Waals surface area contributed by atoms with Gasteiger partial charge in [0.15, 0.2) is 0 Å². The number of hydrogen-bond donors (Lipinski definition) is 3. The zero-order valence-electron chi connectivity index (χ0n) is 13.9. The minimum absolute atomic E-state index is 0.0970. The molecular formula is C19H22N2O4. The van der Waals surface area contributed by atoms with E-state index in [1.165, 1.54) is 0 Å². The predicted octanol–water partition coefficient (Wildman–Crippen LogP) is 1.68. The van der Waals surface area contributed by atoms with Gasteiger partial charge in [-0.2, -0.15) is 0 Å². The number of amides is 1. The van der Waals surface area contributed by atoms with Gasteiger partial charge in [-0.1, -0.05) is 60.7 Å². The highest BCUT2D eigenvalue weighted by Crippen LogP contribution is 2.08. The van der Waals surface area contributed by atoms with Crippen LogP contribution in [-0.4, -0.2) is 30.2 Å². The molecular weight excluding hydrogens is 320 g/mol. The molecule has 6 heteroatoms. The highest BCUT2D eigenvalue weighted by Gasteiger charge is 2.19. The first-order valence-electron chi connectivity index (χ1n) is 8.07. The van der Waals surface area contributed by atoms with Crippen LogP contribution >= 0.6 is 0 Å². The average Bonchev–Trinajstić information content (AvgIpc) is 2.66. The Kier molecular flexibility index (Phi) is 7.62. The van der Waals surface area contributed by atoms with Crippen LogP contribution in [0, 0.1) is 5.92 Å². The normalized spacial score (nSPS) is 11.6. The van der Waals surface area contributed by atoms with E-state index in [1.54, 1.807) is 0 Å². The van der Waals surface area contributed by atoms with E-state index in [-0.39, 0.29) is 25.6 Å². The van der Waals surface area contributed by atoms with Crippen LogP contribution in [0.5, 0.6) is 0 Å². The molecule has 132 valence electrons. The highest BCUT2D eigenvalue weighted by molar-refractivity contribution is 5.83. The van der Waals surface area contributed by atoms with Crippen LogP contribution in [0.3, 0.4) is 0 Å². The molecule has 6 nitrogen and oxygen atoms in total. The van der Waals surface area contributed by atoms with E-state index in [9.17, 15) is 9.59 Å². The number of ether oxygens (including phenoxy) is 1. The van der Waals surface area contributed by atoms with Crippen molar-refractivity contribution < 1.29 is 19.5 Å². The number of hydroxylamine groups is 1. The quantitative estimate of drug-likeness (QED) is 0.477. The van der Waals surface area contributed by atoms with Gasteiger partial charge in [0, 0.05) is 6.54 Å². The Morgan fingerprint density at radius 2 is 1.56 bits per heavy atom. The zero-order valence-corrected chi connectivity index (χ0v) is 13.9. The molecule has 0 aromatic heterocycles. The van der Waals surface area contributed by atoms with Crippen molar-refractivity contribution in [3.8, 4) is 0 Å². The maximum absolute atomic E-state index is 12.2. The van der Waals surface area contributed by atoms with E-state index in [4.69, 9.17) is 9.94 Å². The molecule has 0 saturated carbocycles. The average molecular weight is 342 g/mol. The number of hydrogen-bond acceptors (Lipinski definition) is 5. The third kappa shape index (κ3) is 6.74. The molecule has 25 heavy (non-hydrogen) atoms. The fourth-order valence-corrected chi connectivity index (χ4v) is 2.36. The lowest BCUT2D eigenvalue weighted by molar-refractivity contribution is -0.145. The molecule has 0 bridgehead atoms. The summed E-state index contributed by atoms with van der Waals surface area (Å²) in [6.07, 6.45) is 0.458. The Morgan fingerprint density at radius 3 is 2.16 bits per heavy atom. The molecule has 0 heterocycles. The third-order valence-electron chi connectivity index (χ3n) is 3.68. The van der Waals surface area contributed by atoms with Crippen molar-refractivity contribution in [2.24, 2.45) is 5.92 Å². The molecule has 0 spiro atoms. The third-order valence-corrected chi connectivity index (χ3v) is 3.68. The van der Waals surface area contributed by atoms with Crippen LogP contribution in [0.1, 0.15) is 11.1 Å². The molecule has 1 atom stereocenters. The van der Waals surface area contributed by atoms with Crippen LogP contribution in [0.15, 0.2) is 60.7 Å². The Balaban J connectivity index is 1.78. The number of carbonyl (C=O) groups is 2. The number of carbonyl (C=O) groups excluding carboxylic acids is 2. The monoisotopic (exact) mass is 342 g/mol. The van der Waals surface area contributed by atoms with Crippen LogP contribution in [0.25, 0.3) is 0 Å². The van der Waals surface area contributed by atoms with Crippen molar-refractivity contribution in [3.63, 3.8) is 0 Å². The summed E-state index contributed by atoms with van der Waals surface area (Å²) >= 11 is 0. The summed E-state index contributed by atoms with van der Waals surface area (Å²) in [5, 5.41) is 11.5. The number of nitrogens with one attached hydrogen (secondary N) is 2. The first kappa shape index (κ1) is 18.6. The minimum Gasteiger partial charge on any atom is -0.460 e. The fourth-order valence-electron chi connectivity index (χ4n) is 2.36. The predicted molar refractivity (Wildman–Crippen MR) is 92.7 cm³/mol. The Bertz CT molecular complexity index is 662. The van der Waals surface area contributed by atoms with Crippen LogP contribution in [0.4, 0.5) is 0 Å². The summed E-state index contributed by atoms with van der Waals surface area (Å²) < 4.78 is 5.12. The summed E-state index contributed by atoms with van der Waals surface area (Å²) in [6, 6.07) is 18.8. The Morgan fingerprint density at radius 1 is 0.960 bits per heavy atom. The minimum atomic E-state index is -0.507. The molecule has 1 amide bonds. The molecule has 0 radical (unpaired) electrons. The zero-order chi connectivity index (χ0) is 17.9. The first-order chi connectivity index (χ1) is 12.2. The first-order valence-corrected chi connectivity index (χ1v) is 8.07. The van der Waals surface area contributed by atoms with E-state index in [0.717, 1.165) is 11.1 Å². The summed E-state index contributed by atoms with van der Waals surface area (Å²) in [4.78, 5) is 24.0. The molecule has 0 aliphatic carbocycles. The van der Waals surface area contributed by atoms with Crippen LogP contribution in [0.2, 0.25) is 0 Å². The molecule has 0 aliphatic rings. The molecule has 2 aromatic carbocycles. The van der Waals surface area contributed by atoms with Crippen molar-refractivity contribution in [1.29, 1.82) is 0 Å². The number of esters is 1. The molecule has 0 fully saturated rings. The standard InChI is InChI=1S/C19H22N2O4/c22-18(25-14-16-9-5-2-6-10-16)13-20-19(23)17(12-21-24)11-15-7-3-1-4-8-15/h1-10,17,21,24H,11-14H2,(H,20,23). The lowest BCUT2D eigenvalue weighted by atomic mass is 9.98. The lowest BCUT2D eigenvalue weighted by Crippen LogP contribution is -2.40. The molecule has 2 rings (SSSR count). The van der Waals surface area contributed by atoms with Crippen molar-refractivity contribution in [2.45, 2.75) is 13.0 Å². The maximum atomic E-state index is 12.2. The number of rotatable bonds is 9. The molecule has 2 aromatic rings. The Labute approximate surface area is 146 Å².